The lowest BCUT2D eigenvalue weighted by Gasteiger charge is -2.36. The number of ether oxygens (including phenoxy) is 2. The predicted molar refractivity (Wildman–Crippen MR) is 140 cm³/mol. The highest BCUT2D eigenvalue weighted by atomic mass is 19.1. The number of halogens is 1. The monoisotopic (exact) mass is 518 g/mol. The summed E-state index contributed by atoms with van der Waals surface area (Å²) in [6.45, 7) is 1.78. The third kappa shape index (κ3) is 5.11. The normalized spacial score (nSPS) is 15.3. The second kappa shape index (κ2) is 10.8. The van der Waals surface area contributed by atoms with Gasteiger partial charge >= 0.3 is 0 Å². The summed E-state index contributed by atoms with van der Waals surface area (Å²) in [7, 11) is 3.13. The molecule has 1 saturated heterocycles. The average molecular weight is 519 g/mol. The number of rotatable bonds is 7. The molecule has 1 unspecified atom stereocenters. The van der Waals surface area contributed by atoms with Gasteiger partial charge in [0, 0.05) is 31.7 Å². The van der Waals surface area contributed by atoms with Crippen molar-refractivity contribution in [1.82, 2.24) is 30.6 Å². The third-order valence-electron chi connectivity index (χ3n) is 6.28. The minimum Gasteiger partial charge on any atom is -0.493 e. The number of hydrogen-bond acceptors (Lipinski definition) is 10. The van der Waals surface area contributed by atoms with Gasteiger partial charge in [-0.2, -0.15) is 9.97 Å². The first-order valence-corrected chi connectivity index (χ1v) is 12.0. The molecule has 11 nitrogen and oxygen atoms in total. The van der Waals surface area contributed by atoms with Crippen molar-refractivity contribution < 1.29 is 18.7 Å². The molecule has 0 radical (unpaired) electrons. The molecule has 0 bridgehead atoms. The van der Waals surface area contributed by atoms with Crippen molar-refractivity contribution in [3.05, 3.63) is 60.0 Å². The van der Waals surface area contributed by atoms with Crippen molar-refractivity contribution in [3.63, 3.8) is 0 Å². The molecule has 12 heteroatoms. The number of piperazine rings is 1. The number of methoxy groups -OCH3 is 2. The minimum atomic E-state index is -0.590. The van der Waals surface area contributed by atoms with Crippen LogP contribution in [0.4, 0.5) is 16.2 Å². The van der Waals surface area contributed by atoms with Crippen LogP contribution in [0, 0.1) is 5.82 Å². The van der Waals surface area contributed by atoms with E-state index in [2.05, 4.69) is 25.6 Å². The lowest BCUT2D eigenvalue weighted by molar-refractivity contribution is -0.122. The largest absolute Gasteiger partial charge is 0.493 e. The zero-order valence-corrected chi connectivity index (χ0v) is 20.9. The minimum absolute atomic E-state index is 0.0321. The van der Waals surface area contributed by atoms with E-state index in [0.717, 1.165) is 11.1 Å². The molecule has 1 aliphatic rings. The Hall–Kier alpha value is -4.58. The van der Waals surface area contributed by atoms with E-state index in [0.29, 0.717) is 53.8 Å². The van der Waals surface area contributed by atoms with Gasteiger partial charge < -0.3 is 30.7 Å². The van der Waals surface area contributed by atoms with E-state index < -0.39 is 6.04 Å². The van der Waals surface area contributed by atoms with E-state index >= 15 is 0 Å². The molecule has 4 N–H and O–H groups in total. The molecular formula is C26H27FN8O3. The van der Waals surface area contributed by atoms with E-state index in [1.165, 1.54) is 12.1 Å². The molecule has 3 heterocycles. The number of amides is 1. The summed E-state index contributed by atoms with van der Waals surface area (Å²) in [4.78, 5) is 33.2. The van der Waals surface area contributed by atoms with E-state index in [1.54, 1.807) is 38.6 Å². The molecule has 2 aromatic heterocycles. The van der Waals surface area contributed by atoms with Crippen LogP contribution in [-0.4, -0.2) is 65.7 Å². The highest BCUT2D eigenvalue weighted by Crippen LogP contribution is 2.33. The van der Waals surface area contributed by atoms with Crippen molar-refractivity contribution in [3.8, 4) is 22.8 Å². The van der Waals surface area contributed by atoms with Crippen molar-refractivity contribution in [2.24, 2.45) is 0 Å². The highest BCUT2D eigenvalue weighted by molar-refractivity contribution is 5.91. The van der Waals surface area contributed by atoms with Gasteiger partial charge in [0.2, 0.25) is 11.9 Å². The van der Waals surface area contributed by atoms with Crippen LogP contribution in [0.25, 0.3) is 22.4 Å². The maximum atomic E-state index is 13.3. The standard InChI is InChI=1S/C26H27FN8O3/c1-37-20-8-5-16(11-21(20)38-2)18-13-30-23-22(32-18)24(34-26(28)33-23)35-10-9-29-14-19(35)25(36)31-12-15-3-6-17(27)7-4-15/h3-8,11,13,19,29H,9-10,12,14H2,1-2H3,(H,31,36)(H2,28,30,33,34). The van der Waals surface area contributed by atoms with Gasteiger partial charge in [-0.3, -0.25) is 4.79 Å². The Bertz CT molecular complexity index is 1470. The van der Waals surface area contributed by atoms with Crippen LogP contribution in [0.15, 0.2) is 48.7 Å². The number of benzene rings is 2. The van der Waals surface area contributed by atoms with Crippen molar-refractivity contribution >= 4 is 28.8 Å². The second-order valence-corrected chi connectivity index (χ2v) is 8.66. The number of nitrogen functional groups attached to an aromatic ring is 1. The molecule has 0 aliphatic carbocycles. The summed E-state index contributed by atoms with van der Waals surface area (Å²) >= 11 is 0. The number of nitrogens with zero attached hydrogens (tertiary/aromatic N) is 5. The van der Waals surface area contributed by atoms with Crippen LogP contribution in [0.1, 0.15) is 5.56 Å². The fraction of sp³-hybridized carbons (Fsp3) is 0.269. The second-order valence-electron chi connectivity index (χ2n) is 8.66. The van der Waals surface area contributed by atoms with Gasteiger partial charge in [0.25, 0.3) is 0 Å². The van der Waals surface area contributed by atoms with Crippen LogP contribution in [0.3, 0.4) is 0 Å². The van der Waals surface area contributed by atoms with Crippen LogP contribution in [0.5, 0.6) is 11.5 Å². The van der Waals surface area contributed by atoms with E-state index in [-0.39, 0.29) is 24.2 Å². The first-order chi connectivity index (χ1) is 18.5. The zero-order valence-electron chi connectivity index (χ0n) is 20.9. The van der Waals surface area contributed by atoms with Crippen LogP contribution < -0.4 is 30.7 Å². The number of nitrogens with two attached hydrogens (primary N) is 1. The summed E-state index contributed by atoms with van der Waals surface area (Å²) in [5, 5.41) is 6.19. The van der Waals surface area contributed by atoms with Crippen molar-refractivity contribution in [2.45, 2.75) is 12.6 Å². The smallest absolute Gasteiger partial charge is 0.244 e. The molecule has 1 aliphatic heterocycles. The highest BCUT2D eigenvalue weighted by Gasteiger charge is 2.32. The van der Waals surface area contributed by atoms with Gasteiger partial charge in [0.1, 0.15) is 11.9 Å². The molecule has 0 spiro atoms. The first-order valence-electron chi connectivity index (χ1n) is 12.0. The molecule has 4 aromatic rings. The molecular weight excluding hydrogens is 491 g/mol. The summed E-state index contributed by atoms with van der Waals surface area (Å²) in [5.74, 6) is 1.06. The van der Waals surface area contributed by atoms with Gasteiger partial charge in [-0.1, -0.05) is 12.1 Å². The molecule has 38 heavy (non-hydrogen) atoms. The Balaban J connectivity index is 1.48. The number of carbonyl (C=O) groups is 1. The molecule has 1 fully saturated rings. The Kier molecular flexibility index (Phi) is 7.13. The topological polar surface area (TPSA) is 140 Å². The number of fused-ring (bicyclic) bond motifs is 1. The molecule has 5 rings (SSSR count). The summed E-state index contributed by atoms with van der Waals surface area (Å²) < 4.78 is 24.0. The number of carbonyl (C=O) groups excluding carboxylic acids is 1. The zero-order chi connectivity index (χ0) is 26.6. The Labute approximate surface area is 218 Å². The number of aromatic nitrogens is 4. The van der Waals surface area contributed by atoms with E-state index in [9.17, 15) is 9.18 Å². The van der Waals surface area contributed by atoms with E-state index in [1.807, 2.05) is 17.0 Å². The fourth-order valence-electron chi connectivity index (χ4n) is 4.35. The van der Waals surface area contributed by atoms with E-state index in [4.69, 9.17) is 20.2 Å². The maximum Gasteiger partial charge on any atom is 0.244 e. The Morgan fingerprint density at radius 2 is 1.92 bits per heavy atom. The number of anilines is 2. The summed E-state index contributed by atoms with van der Waals surface area (Å²) in [5.41, 5.74) is 8.88. The van der Waals surface area contributed by atoms with Gasteiger partial charge in [-0.05, 0) is 35.9 Å². The van der Waals surface area contributed by atoms with Crippen LogP contribution >= 0.6 is 0 Å². The fourth-order valence-corrected chi connectivity index (χ4v) is 4.35. The third-order valence-corrected chi connectivity index (χ3v) is 6.28. The predicted octanol–water partition coefficient (Wildman–Crippen LogP) is 1.92. The van der Waals surface area contributed by atoms with Gasteiger partial charge in [-0.25, -0.2) is 14.4 Å². The molecule has 1 amide bonds. The SMILES string of the molecule is COc1ccc(-c2cnc3nc(N)nc(N4CCNCC4C(=O)NCc4ccc(F)cc4)c3n2)cc1OC. The average Bonchev–Trinajstić information content (AvgIpc) is 2.95. The Morgan fingerprint density at radius 3 is 2.68 bits per heavy atom. The summed E-state index contributed by atoms with van der Waals surface area (Å²) in [6.07, 6.45) is 1.60. The van der Waals surface area contributed by atoms with Gasteiger partial charge in [0.05, 0.1) is 26.1 Å². The first kappa shape index (κ1) is 25.1. The van der Waals surface area contributed by atoms with Gasteiger partial charge in [0.15, 0.2) is 28.5 Å². The molecule has 1 atom stereocenters. The summed E-state index contributed by atoms with van der Waals surface area (Å²) in [6, 6.07) is 10.9. The number of hydrogen-bond donors (Lipinski definition) is 3. The number of nitrogens with one attached hydrogen (secondary N) is 2. The lowest BCUT2D eigenvalue weighted by atomic mass is 10.1. The quantitative estimate of drug-likeness (QED) is 0.332. The molecule has 196 valence electrons. The molecule has 0 saturated carbocycles. The van der Waals surface area contributed by atoms with Crippen LogP contribution in [-0.2, 0) is 11.3 Å². The van der Waals surface area contributed by atoms with Crippen molar-refractivity contribution in [2.75, 3.05) is 44.5 Å². The van der Waals surface area contributed by atoms with Crippen molar-refractivity contribution in [1.29, 1.82) is 0 Å². The molecule has 2 aromatic carbocycles. The van der Waals surface area contributed by atoms with Gasteiger partial charge in [-0.15, -0.1) is 0 Å². The van der Waals surface area contributed by atoms with Crippen LogP contribution in [0.2, 0.25) is 0 Å². The lowest BCUT2D eigenvalue weighted by Crippen LogP contribution is -2.58. The Morgan fingerprint density at radius 1 is 1.13 bits per heavy atom. The maximum absolute atomic E-state index is 13.3.